The first kappa shape index (κ1) is 24.9. The zero-order valence-corrected chi connectivity index (χ0v) is 20.0. The van der Waals surface area contributed by atoms with Crippen LogP contribution in [0, 0.1) is 11.7 Å². The Kier molecular flexibility index (Phi) is 8.13. The van der Waals surface area contributed by atoms with Gasteiger partial charge in [-0.15, -0.1) is 0 Å². The fraction of sp³-hybridized carbons (Fsp3) is 0.444. The summed E-state index contributed by atoms with van der Waals surface area (Å²) in [7, 11) is 0. The number of hydrogen-bond donors (Lipinski definition) is 2. The molecule has 35 heavy (non-hydrogen) atoms. The number of nitrogens with zero attached hydrogens (tertiary/aromatic N) is 1. The van der Waals surface area contributed by atoms with E-state index in [9.17, 15) is 18.8 Å². The number of benzene rings is 2. The first-order chi connectivity index (χ1) is 16.9. The number of Topliss-reactive ketones (excluding diaryl/α,β-unsaturated/α-hetero) is 1. The van der Waals surface area contributed by atoms with E-state index in [-0.39, 0.29) is 17.5 Å². The minimum atomic E-state index is -0.734. The van der Waals surface area contributed by atoms with Crippen LogP contribution in [0.25, 0.3) is 0 Å². The molecule has 2 N–H and O–H groups in total. The van der Waals surface area contributed by atoms with Gasteiger partial charge < -0.3 is 20.3 Å². The van der Waals surface area contributed by atoms with Gasteiger partial charge in [0.2, 0.25) is 0 Å². The second kappa shape index (κ2) is 11.4. The Morgan fingerprint density at radius 2 is 1.89 bits per heavy atom. The van der Waals surface area contributed by atoms with Crippen molar-refractivity contribution in [1.29, 1.82) is 0 Å². The minimum Gasteiger partial charge on any atom is -0.366 e. The highest BCUT2D eigenvalue weighted by atomic mass is 19.1. The van der Waals surface area contributed by atoms with Crippen molar-refractivity contribution >= 4 is 23.4 Å². The highest BCUT2D eigenvalue weighted by Crippen LogP contribution is 2.24. The molecule has 0 bridgehead atoms. The minimum absolute atomic E-state index is 0.0836. The molecule has 2 aromatic rings. The Bertz CT molecular complexity index is 1060. The van der Waals surface area contributed by atoms with Crippen LogP contribution in [0.4, 0.5) is 14.9 Å². The van der Waals surface area contributed by atoms with Crippen LogP contribution in [-0.2, 0) is 16.0 Å². The second-order valence-corrected chi connectivity index (χ2v) is 9.40. The molecule has 2 aromatic carbocycles. The van der Waals surface area contributed by atoms with Gasteiger partial charge in [-0.3, -0.25) is 9.59 Å². The number of carbonyl (C=O) groups excluding carboxylic acids is 3. The lowest BCUT2D eigenvalue weighted by atomic mass is 9.90. The average molecular weight is 482 g/mol. The maximum Gasteiger partial charge on any atom is 0.319 e. The van der Waals surface area contributed by atoms with Crippen molar-refractivity contribution in [3.63, 3.8) is 0 Å². The predicted octanol–water partition coefficient (Wildman–Crippen LogP) is 4.18. The lowest BCUT2D eigenvalue weighted by Gasteiger charge is -2.38. The molecular formula is C27H32FN3O4. The molecule has 0 aromatic heterocycles. The van der Waals surface area contributed by atoms with Crippen LogP contribution in [0.15, 0.2) is 48.5 Å². The van der Waals surface area contributed by atoms with Gasteiger partial charge in [-0.05, 0) is 74.8 Å². The molecule has 8 heteroatoms. The van der Waals surface area contributed by atoms with E-state index in [1.165, 1.54) is 19.1 Å². The van der Waals surface area contributed by atoms with Crippen molar-refractivity contribution < 1.29 is 23.5 Å². The van der Waals surface area contributed by atoms with Crippen molar-refractivity contribution in [2.24, 2.45) is 5.92 Å². The zero-order valence-electron chi connectivity index (χ0n) is 20.0. The van der Waals surface area contributed by atoms with E-state index in [2.05, 4.69) is 10.6 Å². The number of urea groups is 1. The number of piperidine rings is 1. The monoisotopic (exact) mass is 481 g/mol. The van der Waals surface area contributed by atoms with E-state index in [4.69, 9.17) is 4.74 Å². The van der Waals surface area contributed by atoms with E-state index in [1.807, 2.05) is 4.90 Å². The molecule has 186 valence electrons. The molecule has 3 amide bonds. The molecule has 7 nitrogen and oxygen atoms in total. The number of rotatable bonds is 6. The summed E-state index contributed by atoms with van der Waals surface area (Å²) < 4.78 is 19.1. The molecule has 1 unspecified atom stereocenters. The third kappa shape index (κ3) is 6.66. The van der Waals surface area contributed by atoms with E-state index < -0.39 is 18.2 Å². The standard InChI is InChI=1S/C27H32FN3O4/c1-18(32)21-6-2-7-23(16-21)29-27(34)30-24-8-4-14-35-25(24)26(33)31-13-3-5-20(17-31)15-19-9-11-22(28)12-10-19/h2,6-7,9-12,16,20,24-25H,3-5,8,13-15,17H2,1H3,(H2,29,30,34)/t20?,24-,25+/m1/s1. The van der Waals surface area contributed by atoms with Gasteiger partial charge in [0.1, 0.15) is 5.82 Å². The Morgan fingerprint density at radius 3 is 2.66 bits per heavy atom. The molecule has 4 rings (SSSR count). The predicted molar refractivity (Wildman–Crippen MR) is 131 cm³/mol. The topological polar surface area (TPSA) is 87.7 Å². The highest BCUT2D eigenvalue weighted by Gasteiger charge is 2.37. The Morgan fingerprint density at radius 1 is 1.09 bits per heavy atom. The summed E-state index contributed by atoms with van der Waals surface area (Å²) in [5, 5.41) is 5.65. The molecule has 0 spiro atoms. The Labute approximate surface area is 205 Å². The van der Waals surface area contributed by atoms with E-state index in [0.717, 1.165) is 31.2 Å². The maximum atomic E-state index is 13.4. The third-order valence-corrected chi connectivity index (χ3v) is 6.68. The average Bonchev–Trinajstić information content (AvgIpc) is 2.85. The largest absolute Gasteiger partial charge is 0.366 e. The lowest BCUT2D eigenvalue weighted by Crippen LogP contribution is -2.56. The quantitative estimate of drug-likeness (QED) is 0.606. The Hall–Kier alpha value is -3.26. The zero-order chi connectivity index (χ0) is 24.8. The molecule has 0 aliphatic carbocycles. The molecule has 2 saturated heterocycles. The smallest absolute Gasteiger partial charge is 0.319 e. The molecule has 0 radical (unpaired) electrons. The molecule has 0 saturated carbocycles. The number of ketones is 1. The van der Waals surface area contributed by atoms with Crippen molar-refractivity contribution in [2.45, 2.75) is 51.2 Å². The number of carbonyl (C=O) groups is 3. The van der Waals surface area contributed by atoms with Gasteiger partial charge in [-0.2, -0.15) is 0 Å². The van der Waals surface area contributed by atoms with Gasteiger partial charge in [0.25, 0.3) is 5.91 Å². The number of halogens is 1. The van der Waals surface area contributed by atoms with Gasteiger partial charge in [0.05, 0.1) is 6.04 Å². The first-order valence-corrected chi connectivity index (χ1v) is 12.2. The molecular weight excluding hydrogens is 449 g/mol. The summed E-state index contributed by atoms with van der Waals surface area (Å²) in [6.45, 7) is 3.23. The molecule has 2 aliphatic heterocycles. The van der Waals surface area contributed by atoms with Crippen LogP contribution in [0.1, 0.15) is 48.5 Å². The number of ether oxygens (including phenoxy) is 1. The van der Waals surface area contributed by atoms with Crippen molar-refractivity contribution in [3.8, 4) is 0 Å². The number of anilines is 1. The molecule has 3 atom stereocenters. The van der Waals surface area contributed by atoms with Crippen molar-refractivity contribution in [1.82, 2.24) is 10.2 Å². The molecule has 2 fully saturated rings. The highest BCUT2D eigenvalue weighted by molar-refractivity contribution is 5.97. The van der Waals surface area contributed by atoms with Gasteiger partial charge in [-0.1, -0.05) is 24.3 Å². The van der Waals surface area contributed by atoms with Crippen LogP contribution in [0.3, 0.4) is 0 Å². The van der Waals surface area contributed by atoms with Crippen LogP contribution >= 0.6 is 0 Å². The fourth-order valence-electron chi connectivity index (χ4n) is 4.89. The van der Waals surface area contributed by atoms with Crippen LogP contribution in [-0.4, -0.2) is 54.5 Å². The normalized spacial score (nSPS) is 22.3. The van der Waals surface area contributed by atoms with Gasteiger partial charge in [0, 0.05) is 30.9 Å². The Balaban J connectivity index is 1.36. The van der Waals surface area contributed by atoms with Crippen LogP contribution < -0.4 is 10.6 Å². The van der Waals surface area contributed by atoms with Gasteiger partial charge in [-0.25, -0.2) is 9.18 Å². The lowest BCUT2D eigenvalue weighted by molar-refractivity contribution is -0.150. The number of likely N-dealkylation sites (tertiary alicyclic amines) is 1. The summed E-state index contributed by atoms with van der Waals surface area (Å²) in [4.78, 5) is 39.5. The van der Waals surface area contributed by atoms with Crippen molar-refractivity contribution in [3.05, 3.63) is 65.5 Å². The van der Waals surface area contributed by atoms with E-state index in [0.29, 0.717) is 43.3 Å². The van der Waals surface area contributed by atoms with E-state index in [1.54, 1.807) is 36.4 Å². The SMILES string of the molecule is CC(=O)c1cccc(NC(=O)N[C@@H]2CCCO[C@@H]2C(=O)N2CCCC(Cc3ccc(F)cc3)C2)c1. The summed E-state index contributed by atoms with van der Waals surface area (Å²) in [5.74, 6) is -0.139. The van der Waals surface area contributed by atoms with Crippen LogP contribution in [0.5, 0.6) is 0 Å². The number of nitrogens with one attached hydrogen (secondary N) is 2. The summed E-state index contributed by atoms with van der Waals surface area (Å²) in [6, 6.07) is 12.4. The van der Waals surface area contributed by atoms with Crippen molar-refractivity contribution in [2.75, 3.05) is 25.0 Å². The van der Waals surface area contributed by atoms with E-state index >= 15 is 0 Å². The molecule has 2 aliphatic rings. The fourth-order valence-corrected chi connectivity index (χ4v) is 4.89. The van der Waals surface area contributed by atoms with Crippen LogP contribution in [0.2, 0.25) is 0 Å². The number of amides is 3. The summed E-state index contributed by atoms with van der Waals surface area (Å²) in [5.41, 5.74) is 2.08. The summed E-state index contributed by atoms with van der Waals surface area (Å²) in [6.07, 6.45) is 3.36. The third-order valence-electron chi connectivity index (χ3n) is 6.68. The maximum absolute atomic E-state index is 13.4. The first-order valence-electron chi connectivity index (χ1n) is 12.2. The molecule has 2 heterocycles. The van der Waals surface area contributed by atoms with Gasteiger partial charge >= 0.3 is 6.03 Å². The number of hydrogen-bond acceptors (Lipinski definition) is 4. The summed E-state index contributed by atoms with van der Waals surface area (Å²) >= 11 is 0. The van der Waals surface area contributed by atoms with Gasteiger partial charge in [0.15, 0.2) is 11.9 Å². The second-order valence-electron chi connectivity index (χ2n) is 9.40.